The van der Waals surface area contributed by atoms with Crippen molar-refractivity contribution in [3.63, 3.8) is 0 Å². The number of alkyl halides is 2. The van der Waals surface area contributed by atoms with Gasteiger partial charge in [-0.3, -0.25) is 0 Å². The third kappa shape index (κ3) is 4.77. The van der Waals surface area contributed by atoms with E-state index in [1.54, 1.807) is 0 Å². The van der Waals surface area contributed by atoms with E-state index >= 15 is 0 Å². The molecule has 0 fully saturated rings. The first-order valence-electron chi connectivity index (χ1n) is 1.47. The molecule has 0 nitrogen and oxygen atoms in total. The summed E-state index contributed by atoms with van der Waals surface area (Å²) in [6, 6.07) is 0. The highest BCUT2D eigenvalue weighted by Crippen LogP contribution is 1.97. The van der Waals surface area contributed by atoms with Crippen LogP contribution in [-0.2, 0) is 0 Å². The fourth-order valence-electron chi connectivity index (χ4n) is 0. The quantitative estimate of drug-likeness (QED) is 0.511. The molecule has 0 aliphatic rings. The lowest BCUT2D eigenvalue weighted by atomic mass is 10.6. The van der Waals surface area contributed by atoms with Crippen molar-refractivity contribution in [3.8, 4) is 0 Å². The summed E-state index contributed by atoms with van der Waals surface area (Å²) in [5, 5.41) is 0. The van der Waals surface area contributed by atoms with Crippen LogP contribution in [0.1, 0.15) is 6.92 Å². The smallest absolute Gasteiger partial charge is 0.0346 e. The molecule has 5 heavy (non-hydrogen) atoms. The molecule has 1 atom stereocenters. The Bertz CT molecular complexity index is 20.9. The van der Waals surface area contributed by atoms with E-state index in [2.05, 4.69) is 15.9 Å². The fraction of sp³-hybridized carbons (Fsp3) is 1.00. The Morgan fingerprint density at radius 2 is 2.20 bits per heavy atom. The van der Waals surface area contributed by atoms with Gasteiger partial charge in [-0.2, -0.15) is 0 Å². The van der Waals surface area contributed by atoms with Crippen molar-refractivity contribution >= 4 is 27.5 Å². The Labute approximate surface area is 45.6 Å². The first-order valence-corrected chi connectivity index (χ1v) is 2.92. The summed E-state index contributed by atoms with van der Waals surface area (Å²) < 4.78 is 0. The number of rotatable bonds is 1. The van der Waals surface area contributed by atoms with E-state index in [9.17, 15) is 0 Å². The van der Waals surface area contributed by atoms with Gasteiger partial charge in [-0.25, -0.2) is 0 Å². The molecule has 0 aliphatic heterocycles. The van der Waals surface area contributed by atoms with Gasteiger partial charge in [-0.05, 0) is 0 Å². The highest BCUT2D eigenvalue weighted by atomic mass is 79.9. The van der Waals surface area contributed by atoms with E-state index in [0.29, 0.717) is 10.7 Å². The first-order chi connectivity index (χ1) is 2.27. The summed E-state index contributed by atoms with van der Waals surface area (Å²) in [6.07, 6.45) is 0. The van der Waals surface area contributed by atoms with Crippen LogP contribution < -0.4 is 0 Å². The summed E-state index contributed by atoms with van der Waals surface area (Å²) in [5.74, 6) is 0.694. The van der Waals surface area contributed by atoms with Crippen molar-refractivity contribution in [3.05, 3.63) is 0 Å². The van der Waals surface area contributed by atoms with Crippen LogP contribution in [0.2, 0.25) is 0 Å². The summed E-state index contributed by atoms with van der Waals surface area (Å²) in [7, 11) is 0. The van der Waals surface area contributed by atoms with Crippen LogP contribution in [0, 0.1) is 0 Å². The van der Waals surface area contributed by atoms with Crippen LogP contribution in [0.25, 0.3) is 0 Å². The zero-order valence-corrected chi connectivity index (χ0v) is 5.38. The Morgan fingerprint density at radius 1 is 2.00 bits per heavy atom. The van der Waals surface area contributed by atoms with Crippen molar-refractivity contribution in [2.24, 2.45) is 0 Å². The molecule has 0 aromatic heterocycles. The van der Waals surface area contributed by atoms with E-state index in [1.807, 2.05) is 6.92 Å². The predicted molar refractivity (Wildman–Crippen MR) is 29.1 cm³/mol. The maximum atomic E-state index is 5.29. The molecule has 32 valence electrons. The van der Waals surface area contributed by atoms with Gasteiger partial charge in [0.2, 0.25) is 0 Å². The van der Waals surface area contributed by atoms with Crippen LogP contribution in [0.4, 0.5) is 0 Å². The summed E-state index contributed by atoms with van der Waals surface area (Å²) in [6.45, 7) is 2.01. The number of hydrogen-bond acceptors (Lipinski definition) is 0. The average Bonchev–Trinajstić information content (AvgIpc) is 1.38. The maximum absolute atomic E-state index is 5.29. The van der Waals surface area contributed by atoms with Crippen LogP contribution >= 0.6 is 27.5 Å². The van der Waals surface area contributed by atoms with Crippen LogP contribution in [0.3, 0.4) is 0 Å². The molecule has 0 N–H and O–H groups in total. The van der Waals surface area contributed by atoms with Crippen molar-refractivity contribution in [2.45, 2.75) is 11.8 Å². The predicted octanol–water partition coefficient (Wildman–Crippen LogP) is 2.01. The monoisotopic (exact) mass is 156 g/mol. The highest BCUT2D eigenvalue weighted by Gasteiger charge is 1.84. The molecule has 0 unspecified atom stereocenters. The van der Waals surface area contributed by atoms with Gasteiger partial charge in [-0.15, -0.1) is 11.6 Å². The van der Waals surface area contributed by atoms with Gasteiger partial charge in [0.25, 0.3) is 0 Å². The molecule has 0 heterocycles. The average molecular weight is 157 g/mol. The number of halogens is 2. The van der Waals surface area contributed by atoms with Crippen LogP contribution in [0.5, 0.6) is 0 Å². The second-order valence-corrected chi connectivity index (χ2v) is 2.81. The normalized spacial score (nSPS) is 15.0. The van der Waals surface area contributed by atoms with E-state index in [0.717, 1.165) is 0 Å². The molecule has 0 saturated heterocycles. The van der Waals surface area contributed by atoms with E-state index in [-0.39, 0.29) is 0 Å². The Hall–Kier alpha value is 0.770. The maximum Gasteiger partial charge on any atom is 0.0346 e. The van der Waals surface area contributed by atoms with Gasteiger partial charge in [-0.1, -0.05) is 22.9 Å². The molecule has 0 aromatic carbocycles. The highest BCUT2D eigenvalue weighted by molar-refractivity contribution is 9.09. The Balaban J connectivity index is 2.54. The first kappa shape index (κ1) is 5.77. The molecule has 0 radical (unpaired) electrons. The second kappa shape index (κ2) is 2.98. The Morgan fingerprint density at radius 3 is 2.20 bits per heavy atom. The molecule has 0 rings (SSSR count). The van der Waals surface area contributed by atoms with Gasteiger partial charge < -0.3 is 0 Å². The standard InChI is InChI=1S/C3H6BrCl/c1-3(4)2-5/h3H,2H2,1H3/t3-/m1/s1. The second-order valence-electron chi connectivity index (χ2n) is 0.935. The van der Waals surface area contributed by atoms with Crippen LogP contribution in [0.15, 0.2) is 0 Å². The number of hydrogen-bond donors (Lipinski definition) is 0. The lowest BCUT2D eigenvalue weighted by Crippen LogP contribution is -1.86. The van der Waals surface area contributed by atoms with Crippen molar-refractivity contribution in [1.29, 1.82) is 0 Å². The van der Waals surface area contributed by atoms with Crippen molar-refractivity contribution in [1.82, 2.24) is 0 Å². The lowest BCUT2D eigenvalue weighted by Gasteiger charge is -1.86. The third-order valence-electron chi connectivity index (χ3n) is 0.213. The molecule has 0 aliphatic carbocycles. The van der Waals surface area contributed by atoms with Gasteiger partial charge in [0.05, 0.1) is 0 Å². The van der Waals surface area contributed by atoms with Gasteiger partial charge in [0, 0.05) is 10.7 Å². The largest absolute Gasteiger partial charge is 0.126 e. The molecule has 0 spiro atoms. The molecular formula is C3H6BrCl. The lowest BCUT2D eigenvalue weighted by molar-refractivity contribution is 1.15. The molecular weight excluding hydrogens is 151 g/mol. The van der Waals surface area contributed by atoms with Gasteiger partial charge in [0.1, 0.15) is 0 Å². The zero-order chi connectivity index (χ0) is 4.28. The van der Waals surface area contributed by atoms with Crippen LogP contribution in [-0.4, -0.2) is 10.7 Å². The molecule has 0 saturated carbocycles. The molecule has 0 bridgehead atoms. The fourth-order valence-corrected chi connectivity index (χ4v) is 0. The third-order valence-corrected chi connectivity index (χ3v) is 1.37. The SMILES string of the molecule is C[C@@H](Br)CCl. The van der Waals surface area contributed by atoms with Crippen molar-refractivity contribution in [2.75, 3.05) is 5.88 Å². The minimum atomic E-state index is 0.462. The summed E-state index contributed by atoms with van der Waals surface area (Å²) in [4.78, 5) is 0.462. The molecule has 0 aromatic rings. The van der Waals surface area contributed by atoms with E-state index in [1.165, 1.54) is 0 Å². The van der Waals surface area contributed by atoms with Gasteiger partial charge in [0.15, 0.2) is 0 Å². The molecule has 2 heteroatoms. The molecule has 0 amide bonds. The van der Waals surface area contributed by atoms with E-state index in [4.69, 9.17) is 11.6 Å². The van der Waals surface area contributed by atoms with E-state index < -0.39 is 0 Å². The minimum absolute atomic E-state index is 0.462. The topological polar surface area (TPSA) is 0 Å². The summed E-state index contributed by atoms with van der Waals surface area (Å²) >= 11 is 8.53. The van der Waals surface area contributed by atoms with Gasteiger partial charge >= 0.3 is 0 Å². The summed E-state index contributed by atoms with van der Waals surface area (Å²) in [5.41, 5.74) is 0. The van der Waals surface area contributed by atoms with Crippen molar-refractivity contribution < 1.29 is 0 Å². The Kier molecular flexibility index (Phi) is 3.44. The minimum Gasteiger partial charge on any atom is -0.126 e. The zero-order valence-electron chi connectivity index (χ0n) is 3.04.